The van der Waals surface area contributed by atoms with Gasteiger partial charge < -0.3 is 20.5 Å². The summed E-state index contributed by atoms with van der Waals surface area (Å²) < 4.78 is 13.3. The van der Waals surface area contributed by atoms with Gasteiger partial charge in [0.15, 0.2) is 0 Å². The van der Waals surface area contributed by atoms with Crippen molar-refractivity contribution in [3.63, 3.8) is 0 Å². The summed E-state index contributed by atoms with van der Waals surface area (Å²) in [5.74, 6) is -0.900. The number of aromatic nitrogens is 2. The highest BCUT2D eigenvalue weighted by Crippen LogP contribution is 2.18. The number of hydrogen-bond acceptors (Lipinski definition) is 4. The number of H-pyrrole nitrogens is 1. The van der Waals surface area contributed by atoms with Crippen molar-refractivity contribution in [2.24, 2.45) is 0 Å². The maximum Gasteiger partial charge on any atom is 0.268 e. The molecule has 2 aromatic heterocycles. The van der Waals surface area contributed by atoms with E-state index >= 15 is 0 Å². The number of pyridine rings is 1. The molecule has 0 unspecified atom stereocenters. The predicted octanol–water partition coefficient (Wildman–Crippen LogP) is 2.52. The minimum atomic E-state index is -0.774. The first-order valence-electron chi connectivity index (χ1n) is 10.2. The van der Waals surface area contributed by atoms with E-state index in [-0.39, 0.29) is 18.1 Å². The second-order valence-corrected chi connectivity index (χ2v) is 7.95. The fourth-order valence-corrected chi connectivity index (χ4v) is 3.87. The lowest BCUT2D eigenvalue weighted by molar-refractivity contribution is -0.133. The number of nitrogens with zero attached hydrogens (tertiary/aromatic N) is 2. The van der Waals surface area contributed by atoms with E-state index in [0.29, 0.717) is 36.0 Å². The van der Waals surface area contributed by atoms with Crippen molar-refractivity contribution in [1.29, 1.82) is 0 Å². The molecule has 0 spiro atoms. The average molecular weight is 444 g/mol. The van der Waals surface area contributed by atoms with E-state index in [1.165, 1.54) is 12.1 Å². The van der Waals surface area contributed by atoms with E-state index in [1.807, 2.05) is 0 Å². The third-order valence-corrected chi connectivity index (χ3v) is 5.53. The SMILES string of the molecule is O=C(N[C@@H](Cc1ccc(F)cc1)C(=O)N1CCCNCC1)c1cc2cc(Cl)ncc2[nH]1. The van der Waals surface area contributed by atoms with E-state index in [1.54, 1.807) is 35.4 Å². The van der Waals surface area contributed by atoms with Crippen molar-refractivity contribution in [3.05, 3.63) is 64.8 Å². The Balaban J connectivity index is 1.56. The molecular weight excluding hydrogens is 421 g/mol. The zero-order valence-corrected chi connectivity index (χ0v) is 17.6. The second kappa shape index (κ2) is 9.45. The molecule has 162 valence electrons. The normalized spacial score (nSPS) is 15.5. The Hall–Kier alpha value is -2.97. The Kier molecular flexibility index (Phi) is 6.48. The van der Waals surface area contributed by atoms with Crippen LogP contribution in [-0.2, 0) is 11.2 Å². The first kappa shape index (κ1) is 21.3. The molecule has 9 heteroatoms. The van der Waals surface area contributed by atoms with Gasteiger partial charge in [-0.15, -0.1) is 0 Å². The van der Waals surface area contributed by atoms with Crippen LogP contribution in [0.3, 0.4) is 0 Å². The Labute approximate surface area is 184 Å². The summed E-state index contributed by atoms with van der Waals surface area (Å²) in [6.07, 6.45) is 2.67. The first-order chi connectivity index (χ1) is 15.0. The van der Waals surface area contributed by atoms with Gasteiger partial charge >= 0.3 is 0 Å². The molecule has 0 radical (unpaired) electrons. The summed E-state index contributed by atoms with van der Waals surface area (Å²) >= 11 is 5.93. The van der Waals surface area contributed by atoms with Gasteiger partial charge in [0.05, 0.1) is 11.7 Å². The topological polar surface area (TPSA) is 90.1 Å². The van der Waals surface area contributed by atoms with Crippen molar-refractivity contribution in [2.45, 2.75) is 18.9 Å². The number of halogens is 2. The molecule has 3 N–H and O–H groups in total. The number of hydrogen-bond donors (Lipinski definition) is 3. The van der Waals surface area contributed by atoms with Crippen molar-refractivity contribution in [3.8, 4) is 0 Å². The minimum Gasteiger partial charge on any atom is -0.349 e. The number of aromatic amines is 1. The van der Waals surface area contributed by atoms with Gasteiger partial charge in [-0.1, -0.05) is 23.7 Å². The maximum atomic E-state index is 13.3. The van der Waals surface area contributed by atoms with Crippen molar-refractivity contribution < 1.29 is 14.0 Å². The van der Waals surface area contributed by atoms with Gasteiger partial charge in [-0.05, 0) is 42.8 Å². The van der Waals surface area contributed by atoms with E-state index in [0.717, 1.165) is 23.9 Å². The molecule has 7 nitrogen and oxygen atoms in total. The van der Waals surface area contributed by atoms with Crippen LogP contribution in [0.15, 0.2) is 42.6 Å². The standard InChI is InChI=1S/C22H23ClFN5O2/c23-20-12-15-11-17(27-19(15)13-26-20)21(30)28-18(10-14-2-4-16(24)5-3-14)22(31)29-8-1-6-25-7-9-29/h2-5,11-13,18,25,27H,1,6-10H2,(H,28,30)/t18-/m0/s1. The third kappa shape index (κ3) is 5.21. The molecule has 3 heterocycles. The van der Waals surface area contributed by atoms with Crippen molar-refractivity contribution in [2.75, 3.05) is 26.2 Å². The lowest BCUT2D eigenvalue weighted by Crippen LogP contribution is -2.50. The summed E-state index contributed by atoms with van der Waals surface area (Å²) in [5, 5.41) is 7.21. The minimum absolute atomic E-state index is 0.151. The summed E-state index contributed by atoms with van der Waals surface area (Å²) in [6.45, 7) is 2.76. The van der Waals surface area contributed by atoms with E-state index in [2.05, 4.69) is 20.6 Å². The highest BCUT2D eigenvalue weighted by atomic mass is 35.5. The van der Waals surface area contributed by atoms with E-state index in [9.17, 15) is 14.0 Å². The van der Waals surface area contributed by atoms with Gasteiger partial charge in [-0.25, -0.2) is 9.37 Å². The van der Waals surface area contributed by atoms with Crippen LogP contribution in [0.5, 0.6) is 0 Å². The molecule has 31 heavy (non-hydrogen) atoms. The molecule has 1 saturated heterocycles. The van der Waals surface area contributed by atoms with E-state index in [4.69, 9.17) is 11.6 Å². The Bertz CT molecular complexity index is 1080. The van der Waals surface area contributed by atoms with Crippen LogP contribution >= 0.6 is 11.6 Å². The first-order valence-corrected chi connectivity index (χ1v) is 10.6. The number of nitrogens with one attached hydrogen (secondary N) is 3. The molecule has 1 atom stereocenters. The Morgan fingerprint density at radius 2 is 2.00 bits per heavy atom. The molecular formula is C22H23ClFN5O2. The zero-order valence-electron chi connectivity index (χ0n) is 16.8. The number of benzene rings is 1. The number of rotatable bonds is 5. The molecule has 1 aromatic carbocycles. The number of carbonyl (C=O) groups is 2. The molecule has 2 amide bonds. The van der Waals surface area contributed by atoms with Gasteiger partial charge in [0, 0.05) is 31.4 Å². The highest BCUT2D eigenvalue weighted by Gasteiger charge is 2.27. The summed E-state index contributed by atoms with van der Waals surface area (Å²) in [4.78, 5) is 35.0. The highest BCUT2D eigenvalue weighted by molar-refractivity contribution is 6.30. The fraction of sp³-hybridized carbons (Fsp3) is 0.318. The molecule has 0 saturated carbocycles. The van der Waals surface area contributed by atoms with Crippen molar-refractivity contribution >= 4 is 34.3 Å². The van der Waals surface area contributed by atoms with Crippen LogP contribution in [0.25, 0.3) is 10.9 Å². The smallest absolute Gasteiger partial charge is 0.268 e. The monoisotopic (exact) mass is 443 g/mol. The van der Waals surface area contributed by atoms with Crippen LogP contribution < -0.4 is 10.6 Å². The zero-order chi connectivity index (χ0) is 21.8. The van der Waals surface area contributed by atoms with E-state index < -0.39 is 11.9 Å². The Morgan fingerprint density at radius 3 is 2.81 bits per heavy atom. The van der Waals surface area contributed by atoms with Gasteiger partial charge in [-0.3, -0.25) is 9.59 Å². The molecule has 0 aliphatic carbocycles. The van der Waals surface area contributed by atoms with Crippen LogP contribution in [0.4, 0.5) is 4.39 Å². The fourth-order valence-electron chi connectivity index (χ4n) is 3.71. The Morgan fingerprint density at radius 1 is 1.19 bits per heavy atom. The summed E-state index contributed by atoms with van der Waals surface area (Å²) in [7, 11) is 0. The molecule has 1 aliphatic heterocycles. The van der Waals surface area contributed by atoms with Gasteiger partial charge in [0.1, 0.15) is 22.7 Å². The third-order valence-electron chi connectivity index (χ3n) is 5.32. The molecule has 0 bridgehead atoms. The predicted molar refractivity (Wildman–Crippen MR) is 117 cm³/mol. The molecule has 4 rings (SSSR count). The van der Waals surface area contributed by atoms with Crippen LogP contribution in [0.2, 0.25) is 5.15 Å². The largest absolute Gasteiger partial charge is 0.349 e. The number of carbonyl (C=O) groups excluding carboxylic acids is 2. The molecule has 1 aliphatic rings. The lowest BCUT2D eigenvalue weighted by atomic mass is 10.0. The maximum absolute atomic E-state index is 13.3. The van der Waals surface area contributed by atoms with Crippen LogP contribution in [0.1, 0.15) is 22.5 Å². The van der Waals surface area contributed by atoms with Gasteiger partial charge in [0.25, 0.3) is 5.91 Å². The van der Waals surface area contributed by atoms with Gasteiger partial charge in [0.2, 0.25) is 5.91 Å². The lowest BCUT2D eigenvalue weighted by Gasteiger charge is -2.26. The van der Waals surface area contributed by atoms with Crippen LogP contribution in [0, 0.1) is 5.82 Å². The summed E-state index contributed by atoms with van der Waals surface area (Å²) in [5.41, 5.74) is 1.75. The number of amides is 2. The molecule has 1 fully saturated rings. The molecule has 3 aromatic rings. The van der Waals surface area contributed by atoms with Crippen molar-refractivity contribution in [1.82, 2.24) is 25.5 Å². The second-order valence-electron chi connectivity index (χ2n) is 7.56. The quantitative estimate of drug-likeness (QED) is 0.528. The van der Waals surface area contributed by atoms with Gasteiger partial charge in [-0.2, -0.15) is 0 Å². The average Bonchev–Trinajstić information content (AvgIpc) is 2.99. The van der Waals surface area contributed by atoms with Crippen LogP contribution in [-0.4, -0.2) is 58.9 Å². The number of fused-ring (bicyclic) bond motifs is 1. The summed E-state index contributed by atoms with van der Waals surface area (Å²) in [6, 6.07) is 8.52.